The highest BCUT2D eigenvalue weighted by molar-refractivity contribution is 8.24. The maximum atomic E-state index is 10.5. The first kappa shape index (κ1) is 23.1. The highest BCUT2D eigenvalue weighted by Crippen LogP contribution is 2.53. The molecule has 0 aliphatic rings. The van der Waals surface area contributed by atoms with E-state index in [0.29, 0.717) is 22.2 Å². The Bertz CT molecular complexity index is 1260. The second-order valence-electron chi connectivity index (χ2n) is 8.05. The summed E-state index contributed by atoms with van der Waals surface area (Å²) in [5.74, 6) is 0.688. The molecule has 0 unspecified atom stereocenters. The van der Waals surface area contributed by atoms with Gasteiger partial charge in [-0.15, -0.1) is 10.2 Å². The highest BCUT2D eigenvalue weighted by atomic mass is 32.3. The average Bonchev–Trinajstić information content (AvgIpc) is 3.30. The number of benzene rings is 2. The third-order valence-electron chi connectivity index (χ3n) is 5.31. The van der Waals surface area contributed by atoms with Crippen LogP contribution in [0.4, 0.5) is 0 Å². The first-order valence-corrected chi connectivity index (χ1v) is 12.2. The maximum Gasteiger partial charge on any atom is 0.268 e. The Morgan fingerprint density at radius 3 is 2.27 bits per heavy atom. The zero-order valence-electron chi connectivity index (χ0n) is 19.0. The van der Waals surface area contributed by atoms with E-state index in [1.54, 1.807) is 32.3 Å². The largest absolute Gasteiger partial charge is 0.415 e. The molecule has 0 bridgehead atoms. The van der Waals surface area contributed by atoms with Gasteiger partial charge in [-0.25, -0.2) is 4.98 Å². The van der Waals surface area contributed by atoms with Crippen LogP contribution in [0.25, 0.3) is 34.3 Å². The van der Waals surface area contributed by atoms with Gasteiger partial charge >= 0.3 is 0 Å². The average molecular weight is 466 g/mol. The van der Waals surface area contributed by atoms with Crippen molar-refractivity contribution in [3.8, 4) is 34.3 Å². The summed E-state index contributed by atoms with van der Waals surface area (Å²) in [6, 6.07) is 13.4. The summed E-state index contributed by atoms with van der Waals surface area (Å²) in [6.45, 7) is 6.24. The lowest BCUT2D eigenvalue weighted by atomic mass is 10.1. The molecule has 0 fully saturated rings. The summed E-state index contributed by atoms with van der Waals surface area (Å²) >= 11 is 0. The third kappa shape index (κ3) is 4.81. The van der Waals surface area contributed by atoms with Crippen LogP contribution >= 0.6 is 10.6 Å². The Kier molecular flexibility index (Phi) is 6.57. The van der Waals surface area contributed by atoms with Crippen molar-refractivity contribution in [3.63, 3.8) is 0 Å². The van der Waals surface area contributed by atoms with E-state index in [9.17, 15) is 9.11 Å². The molecule has 4 rings (SSSR count). The minimum Gasteiger partial charge on any atom is -0.415 e. The molecule has 3 N–H and O–H groups in total. The van der Waals surface area contributed by atoms with Crippen LogP contribution in [0.1, 0.15) is 25.0 Å². The molecule has 2 aromatic heterocycles. The maximum absolute atomic E-state index is 10.5. The molecular weight excluding hydrogens is 438 g/mol. The Hall–Kier alpha value is -3.11. The molecule has 0 atom stereocenters. The van der Waals surface area contributed by atoms with Crippen molar-refractivity contribution in [2.24, 2.45) is 0 Å². The number of rotatable bonds is 7. The Morgan fingerprint density at radius 2 is 1.61 bits per heavy atom. The lowest BCUT2D eigenvalue weighted by Gasteiger charge is -2.37. The predicted octanol–water partition coefficient (Wildman–Crippen LogP) is 5.41. The molecule has 0 radical (unpaired) electrons. The van der Waals surface area contributed by atoms with E-state index < -0.39 is 10.6 Å². The number of aryl methyl sites for hydroxylation is 1. The summed E-state index contributed by atoms with van der Waals surface area (Å²) in [7, 11) is -0.955. The summed E-state index contributed by atoms with van der Waals surface area (Å²) in [5.41, 5.74) is 4.67. The lowest BCUT2D eigenvalue weighted by molar-refractivity contribution is 0.476. The van der Waals surface area contributed by atoms with Crippen LogP contribution in [0.5, 0.6) is 0 Å². The van der Waals surface area contributed by atoms with Gasteiger partial charge in [-0.05, 0) is 63.2 Å². The molecule has 2 heterocycles. The fourth-order valence-electron chi connectivity index (χ4n) is 3.42. The van der Waals surface area contributed by atoms with Crippen molar-refractivity contribution < 1.29 is 13.5 Å². The number of nitrogens with zero attached hydrogens (tertiary/aromatic N) is 4. The predicted molar refractivity (Wildman–Crippen MR) is 130 cm³/mol. The molecule has 0 saturated carbocycles. The van der Waals surface area contributed by atoms with E-state index in [-0.39, 0.29) is 11.1 Å². The number of aromatic nitrogens is 4. The summed E-state index contributed by atoms with van der Waals surface area (Å²) in [6.07, 6.45) is 3.23. The van der Waals surface area contributed by atoms with Gasteiger partial charge in [-0.1, -0.05) is 18.2 Å². The van der Waals surface area contributed by atoms with Gasteiger partial charge in [0.15, 0.2) is 0 Å². The first-order chi connectivity index (χ1) is 15.8. The zero-order valence-corrected chi connectivity index (χ0v) is 19.8. The Balaban J connectivity index is 1.61. The van der Waals surface area contributed by atoms with Crippen LogP contribution < -0.4 is 5.32 Å². The molecule has 4 aromatic rings. The highest BCUT2D eigenvalue weighted by Gasteiger charge is 2.22. The molecule has 172 valence electrons. The van der Waals surface area contributed by atoms with Gasteiger partial charge in [-0.3, -0.25) is 14.1 Å². The van der Waals surface area contributed by atoms with Crippen molar-refractivity contribution in [1.29, 1.82) is 0 Å². The molecule has 0 aliphatic heterocycles. The second-order valence-corrected chi connectivity index (χ2v) is 10.6. The van der Waals surface area contributed by atoms with Gasteiger partial charge in [0.2, 0.25) is 5.89 Å². The van der Waals surface area contributed by atoms with Crippen LogP contribution in [0.15, 0.2) is 64.2 Å². The van der Waals surface area contributed by atoms with E-state index >= 15 is 0 Å². The fourth-order valence-corrected chi connectivity index (χ4v) is 4.73. The van der Waals surface area contributed by atoms with E-state index in [4.69, 9.17) is 4.42 Å². The minimum atomic E-state index is -2.86. The molecule has 8 nitrogen and oxygen atoms in total. The molecule has 0 saturated heterocycles. The van der Waals surface area contributed by atoms with Crippen molar-refractivity contribution >= 4 is 10.6 Å². The monoisotopic (exact) mass is 465 g/mol. The van der Waals surface area contributed by atoms with Gasteiger partial charge in [-0.2, -0.15) is 10.6 Å². The van der Waals surface area contributed by atoms with Gasteiger partial charge < -0.3 is 9.73 Å². The fraction of sp³-hybridized carbons (Fsp3) is 0.250. The standard InChI is InChI=1S/C24H27N5O3S/c1-15(2)33(30,31)22-10-9-19(11-16(22)3)20-13-26-14-21(27-20)24-29-28-23(32-24)18-7-5-17(6-8-18)12-25-4/h5-11,13-15,25,30-31H,12H2,1-4H3. The van der Waals surface area contributed by atoms with E-state index in [2.05, 4.69) is 25.5 Å². The molecule has 0 spiro atoms. The van der Waals surface area contributed by atoms with E-state index in [0.717, 1.165) is 28.8 Å². The molecule has 0 aliphatic carbocycles. The number of hydrogen-bond acceptors (Lipinski definition) is 8. The van der Waals surface area contributed by atoms with Gasteiger partial charge in [0.1, 0.15) is 5.69 Å². The van der Waals surface area contributed by atoms with Crippen LogP contribution in [0.3, 0.4) is 0 Å². The van der Waals surface area contributed by atoms with Gasteiger partial charge in [0.25, 0.3) is 5.89 Å². The van der Waals surface area contributed by atoms with Crippen LogP contribution in [-0.2, 0) is 6.54 Å². The molecule has 33 heavy (non-hydrogen) atoms. The minimum absolute atomic E-state index is 0.267. The number of hydrogen-bond donors (Lipinski definition) is 3. The van der Waals surface area contributed by atoms with Crippen molar-refractivity contribution in [1.82, 2.24) is 25.5 Å². The summed E-state index contributed by atoms with van der Waals surface area (Å²) in [5, 5.41) is 11.2. The molecule has 2 aromatic carbocycles. The Morgan fingerprint density at radius 1 is 0.939 bits per heavy atom. The molecule has 9 heteroatoms. The lowest BCUT2D eigenvalue weighted by Crippen LogP contribution is -2.11. The van der Waals surface area contributed by atoms with Crippen molar-refractivity contribution in [2.45, 2.75) is 37.5 Å². The topological polar surface area (TPSA) is 117 Å². The van der Waals surface area contributed by atoms with Crippen molar-refractivity contribution in [2.75, 3.05) is 7.05 Å². The van der Waals surface area contributed by atoms with Gasteiger partial charge in [0, 0.05) is 22.9 Å². The first-order valence-electron chi connectivity index (χ1n) is 10.6. The Labute approximate surface area is 194 Å². The summed E-state index contributed by atoms with van der Waals surface area (Å²) in [4.78, 5) is 9.48. The summed E-state index contributed by atoms with van der Waals surface area (Å²) < 4.78 is 26.9. The van der Waals surface area contributed by atoms with Crippen LogP contribution in [0, 0.1) is 6.92 Å². The van der Waals surface area contributed by atoms with Gasteiger partial charge in [0.05, 0.1) is 23.0 Å². The SMILES string of the molecule is CNCc1ccc(-c2nnc(-c3cncc(-c4ccc(S(O)(O)C(C)C)c(C)c4)n3)o2)cc1. The second kappa shape index (κ2) is 9.40. The quantitative estimate of drug-likeness (QED) is 0.332. The third-order valence-corrected chi connectivity index (χ3v) is 7.73. The number of nitrogens with one attached hydrogen (secondary N) is 1. The molecular formula is C24H27N5O3S. The molecule has 0 amide bonds. The van der Waals surface area contributed by atoms with E-state index in [1.807, 2.05) is 50.4 Å². The van der Waals surface area contributed by atoms with E-state index in [1.165, 1.54) is 0 Å². The normalized spacial score (nSPS) is 12.3. The van der Waals surface area contributed by atoms with Crippen LogP contribution in [-0.4, -0.2) is 41.6 Å². The van der Waals surface area contributed by atoms with Crippen molar-refractivity contribution in [3.05, 3.63) is 66.0 Å². The smallest absolute Gasteiger partial charge is 0.268 e. The zero-order chi connectivity index (χ0) is 23.6. The van der Waals surface area contributed by atoms with Crippen LogP contribution in [0.2, 0.25) is 0 Å².